The summed E-state index contributed by atoms with van der Waals surface area (Å²) in [7, 11) is 0. The van der Waals surface area contributed by atoms with Gasteiger partial charge in [-0.3, -0.25) is 4.79 Å². The van der Waals surface area contributed by atoms with E-state index in [4.69, 9.17) is 5.73 Å². The Bertz CT molecular complexity index is 509. The molecule has 110 valence electrons. The number of nitrogens with one attached hydrogen (secondary N) is 1. The lowest BCUT2D eigenvalue weighted by Gasteiger charge is -2.17. The van der Waals surface area contributed by atoms with Gasteiger partial charge in [-0.2, -0.15) is 0 Å². The van der Waals surface area contributed by atoms with E-state index < -0.39 is 0 Å². The van der Waals surface area contributed by atoms with Crippen molar-refractivity contribution in [2.24, 2.45) is 11.7 Å². The van der Waals surface area contributed by atoms with E-state index in [1.807, 2.05) is 0 Å². The van der Waals surface area contributed by atoms with Gasteiger partial charge in [0.2, 0.25) is 5.91 Å². The van der Waals surface area contributed by atoms with Crippen LogP contribution in [0.3, 0.4) is 0 Å². The summed E-state index contributed by atoms with van der Waals surface area (Å²) in [4.78, 5) is 12.2. The average molecular weight is 299 g/mol. The van der Waals surface area contributed by atoms with Crippen LogP contribution in [0.25, 0.3) is 0 Å². The van der Waals surface area contributed by atoms with Crippen molar-refractivity contribution in [3.63, 3.8) is 0 Å². The van der Waals surface area contributed by atoms with Crippen LogP contribution in [0.2, 0.25) is 0 Å². The Labute approximate surface area is 124 Å². The Balaban J connectivity index is 0.00000147. The Morgan fingerprint density at radius 2 is 2.10 bits per heavy atom. The molecule has 1 fully saturated rings. The molecule has 3 N–H and O–H groups in total. The highest BCUT2D eigenvalue weighted by Crippen LogP contribution is 2.33. The van der Waals surface area contributed by atoms with Gasteiger partial charge in [-0.15, -0.1) is 12.4 Å². The first-order chi connectivity index (χ1) is 9.13. The molecule has 0 aromatic heterocycles. The standard InChI is InChI=1S/C15H19FN2O.ClH/c16-11-3-5-13-9(7-11)2-6-14(13)18-15(19)10-1-4-12(17)8-10;/h3,5,7,10,12,14H,1-2,4,6,8,17H2,(H,18,19);1H. The van der Waals surface area contributed by atoms with Crippen LogP contribution in [0.5, 0.6) is 0 Å². The number of benzene rings is 1. The SMILES string of the molecule is Cl.NC1CCC(C(=O)NC2CCc3cc(F)ccc32)C1. The Hall–Kier alpha value is -1.13. The van der Waals surface area contributed by atoms with E-state index in [9.17, 15) is 9.18 Å². The number of nitrogens with two attached hydrogens (primary N) is 1. The van der Waals surface area contributed by atoms with E-state index in [-0.39, 0.29) is 42.1 Å². The molecule has 0 saturated heterocycles. The fraction of sp³-hybridized carbons (Fsp3) is 0.533. The van der Waals surface area contributed by atoms with Crippen LogP contribution in [-0.2, 0) is 11.2 Å². The van der Waals surface area contributed by atoms with Crippen molar-refractivity contribution in [1.82, 2.24) is 5.32 Å². The van der Waals surface area contributed by atoms with Gasteiger partial charge in [0.15, 0.2) is 0 Å². The minimum Gasteiger partial charge on any atom is -0.349 e. The molecule has 0 radical (unpaired) electrons. The van der Waals surface area contributed by atoms with E-state index >= 15 is 0 Å². The maximum atomic E-state index is 13.1. The van der Waals surface area contributed by atoms with Gasteiger partial charge in [-0.05, 0) is 55.4 Å². The zero-order valence-electron chi connectivity index (χ0n) is 11.3. The summed E-state index contributed by atoms with van der Waals surface area (Å²) in [5, 5.41) is 3.10. The van der Waals surface area contributed by atoms with Gasteiger partial charge < -0.3 is 11.1 Å². The molecule has 1 aromatic rings. The van der Waals surface area contributed by atoms with E-state index in [1.54, 1.807) is 12.1 Å². The lowest BCUT2D eigenvalue weighted by molar-refractivity contribution is -0.125. The Morgan fingerprint density at radius 3 is 2.80 bits per heavy atom. The topological polar surface area (TPSA) is 55.1 Å². The summed E-state index contributed by atoms with van der Waals surface area (Å²) < 4.78 is 13.1. The first-order valence-corrected chi connectivity index (χ1v) is 6.98. The molecule has 1 saturated carbocycles. The first-order valence-electron chi connectivity index (χ1n) is 6.98. The van der Waals surface area contributed by atoms with Gasteiger partial charge >= 0.3 is 0 Å². The largest absolute Gasteiger partial charge is 0.349 e. The molecule has 3 atom stereocenters. The molecule has 2 aliphatic carbocycles. The maximum Gasteiger partial charge on any atom is 0.223 e. The molecule has 20 heavy (non-hydrogen) atoms. The van der Waals surface area contributed by atoms with Crippen molar-refractivity contribution in [2.75, 3.05) is 0 Å². The summed E-state index contributed by atoms with van der Waals surface area (Å²) in [6.07, 6.45) is 4.31. The first kappa shape index (κ1) is 15.3. The van der Waals surface area contributed by atoms with Crippen molar-refractivity contribution in [1.29, 1.82) is 0 Å². The van der Waals surface area contributed by atoms with Crippen molar-refractivity contribution < 1.29 is 9.18 Å². The van der Waals surface area contributed by atoms with E-state index in [2.05, 4.69) is 5.32 Å². The smallest absolute Gasteiger partial charge is 0.223 e. The van der Waals surface area contributed by atoms with Crippen LogP contribution < -0.4 is 11.1 Å². The zero-order valence-corrected chi connectivity index (χ0v) is 12.1. The molecule has 0 aliphatic heterocycles. The number of halogens is 2. The fourth-order valence-corrected chi connectivity index (χ4v) is 3.28. The third-order valence-corrected chi connectivity index (χ3v) is 4.34. The van der Waals surface area contributed by atoms with Crippen molar-refractivity contribution in [3.05, 3.63) is 35.1 Å². The molecule has 1 aromatic carbocycles. The highest BCUT2D eigenvalue weighted by atomic mass is 35.5. The van der Waals surface area contributed by atoms with Crippen molar-refractivity contribution in [3.8, 4) is 0 Å². The number of aryl methyl sites for hydroxylation is 1. The third-order valence-electron chi connectivity index (χ3n) is 4.34. The second kappa shape index (κ2) is 6.10. The van der Waals surface area contributed by atoms with Crippen LogP contribution in [0.4, 0.5) is 4.39 Å². The molecular weight excluding hydrogens is 279 g/mol. The van der Waals surface area contributed by atoms with Crippen LogP contribution in [0, 0.1) is 11.7 Å². The quantitative estimate of drug-likeness (QED) is 0.881. The number of amides is 1. The van der Waals surface area contributed by atoms with Crippen LogP contribution in [-0.4, -0.2) is 11.9 Å². The Morgan fingerprint density at radius 1 is 1.30 bits per heavy atom. The maximum absolute atomic E-state index is 13.1. The van der Waals surface area contributed by atoms with Crippen molar-refractivity contribution >= 4 is 18.3 Å². The normalized spacial score (nSPS) is 27.8. The molecule has 1 amide bonds. The molecule has 3 nitrogen and oxygen atoms in total. The number of carbonyl (C=O) groups is 1. The molecule has 5 heteroatoms. The summed E-state index contributed by atoms with van der Waals surface area (Å²) in [5.41, 5.74) is 7.93. The Kier molecular flexibility index (Phi) is 4.66. The van der Waals surface area contributed by atoms with E-state index in [0.717, 1.165) is 43.2 Å². The number of rotatable bonds is 2. The zero-order chi connectivity index (χ0) is 13.4. The molecule has 2 aliphatic rings. The van der Waals surface area contributed by atoms with E-state index in [0.29, 0.717) is 0 Å². The fourth-order valence-electron chi connectivity index (χ4n) is 3.28. The lowest BCUT2D eigenvalue weighted by Crippen LogP contribution is -2.32. The van der Waals surface area contributed by atoms with Crippen LogP contribution in [0.15, 0.2) is 18.2 Å². The number of hydrogen-bond acceptors (Lipinski definition) is 2. The highest BCUT2D eigenvalue weighted by Gasteiger charge is 2.31. The highest BCUT2D eigenvalue weighted by molar-refractivity contribution is 5.85. The minimum atomic E-state index is -0.201. The van der Waals surface area contributed by atoms with Gasteiger partial charge in [0, 0.05) is 12.0 Å². The van der Waals surface area contributed by atoms with E-state index in [1.165, 1.54) is 6.07 Å². The summed E-state index contributed by atoms with van der Waals surface area (Å²) >= 11 is 0. The molecule has 0 heterocycles. The van der Waals surface area contributed by atoms with Crippen LogP contribution >= 0.6 is 12.4 Å². The van der Waals surface area contributed by atoms with Gasteiger partial charge in [0.25, 0.3) is 0 Å². The lowest BCUT2D eigenvalue weighted by atomic mass is 10.0. The molecule has 3 unspecified atom stereocenters. The second-order valence-electron chi connectivity index (χ2n) is 5.71. The second-order valence-corrected chi connectivity index (χ2v) is 5.71. The predicted molar refractivity (Wildman–Crippen MR) is 78.2 cm³/mol. The summed E-state index contributed by atoms with van der Waals surface area (Å²) in [6.45, 7) is 0. The molecular formula is C15H20ClFN2O. The monoisotopic (exact) mass is 298 g/mol. The number of fused-ring (bicyclic) bond motifs is 1. The average Bonchev–Trinajstić information content (AvgIpc) is 2.96. The summed E-state index contributed by atoms with van der Waals surface area (Å²) in [5.74, 6) is -0.0397. The number of hydrogen-bond donors (Lipinski definition) is 2. The third kappa shape index (κ3) is 2.96. The van der Waals surface area contributed by atoms with Gasteiger partial charge in [-0.25, -0.2) is 4.39 Å². The van der Waals surface area contributed by atoms with Crippen LogP contribution in [0.1, 0.15) is 42.9 Å². The molecule has 0 bridgehead atoms. The van der Waals surface area contributed by atoms with Gasteiger partial charge in [0.1, 0.15) is 5.82 Å². The van der Waals surface area contributed by atoms with Crippen molar-refractivity contribution in [2.45, 2.75) is 44.2 Å². The van der Waals surface area contributed by atoms with Gasteiger partial charge in [0.05, 0.1) is 6.04 Å². The number of carbonyl (C=O) groups excluding carboxylic acids is 1. The molecule has 0 spiro atoms. The predicted octanol–water partition coefficient (Wildman–Crippen LogP) is 2.48. The minimum absolute atomic E-state index is 0. The van der Waals surface area contributed by atoms with Gasteiger partial charge in [-0.1, -0.05) is 6.07 Å². The molecule has 3 rings (SSSR count). The summed E-state index contributed by atoms with van der Waals surface area (Å²) in [6, 6.07) is 5.05.